The summed E-state index contributed by atoms with van der Waals surface area (Å²) in [5, 5.41) is 30.7. The molecule has 6 atom stereocenters. The van der Waals surface area contributed by atoms with Crippen molar-refractivity contribution in [2.75, 3.05) is 26.4 Å². The average Bonchev–Trinajstić information content (AvgIpc) is 3.26. The predicted octanol–water partition coefficient (Wildman–Crippen LogP) is 10.5. The number of hydrogen-bond donors (Lipinski definition) is 4. The molecule has 63 heavy (non-hydrogen) atoms. The van der Waals surface area contributed by atoms with Gasteiger partial charge in [-0.15, -0.1) is 0 Å². The molecule has 1 saturated heterocycles. The Hall–Kier alpha value is -2.72. The second kappa shape index (κ2) is 40.8. The van der Waals surface area contributed by atoms with Gasteiger partial charge in [0, 0.05) is 13.0 Å². The number of ether oxygens (including phenoxy) is 4. The van der Waals surface area contributed by atoms with E-state index in [0.29, 0.717) is 13.0 Å². The summed E-state index contributed by atoms with van der Waals surface area (Å²) in [4.78, 5) is 12.8. The summed E-state index contributed by atoms with van der Waals surface area (Å²) in [5.41, 5.74) is 0. The van der Waals surface area contributed by atoms with Crippen molar-refractivity contribution in [3.63, 3.8) is 0 Å². The SMILES string of the molecule is CC/C=C\C/C=C\C/C=C\C/C=C\C/C=C\C/C=C\CCC(=O)OC(COCCCCCCCC/C=C\CCCCCCCCC)COC1OC(CO)C(O)C(OS(=O)(=O)O)C1O. The molecule has 0 aromatic heterocycles. The molecular formula is C50H84O12S. The van der Waals surface area contributed by atoms with E-state index in [4.69, 9.17) is 23.5 Å². The van der Waals surface area contributed by atoms with Crippen LogP contribution in [0.4, 0.5) is 0 Å². The van der Waals surface area contributed by atoms with Gasteiger partial charge in [-0.05, 0) is 77.0 Å². The van der Waals surface area contributed by atoms with Gasteiger partial charge in [0.05, 0.1) is 19.8 Å². The first kappa shape index (κ1) is 58.3. The standard InChI is InChI=1S/C50H84O12S/c1-3-5-7-9-11-13-15-17-19-21-22-23-25-27-29-31-33-35-37-39-46(52)60-44(43-59-50-48(54)49(62-63(55,56)57)47(53)45(41-51)61-50)42-58-40-38-36-34-32-30-28-26-24-20-18-16-14-12-10-8-6-4-2/h5,7,11,13,17,19-20,22-24,27,29,33,35,44-45,47-51,53-54H,3-4,6,8-10,12,14-16,18,21,25-26,28,30-32,34,36-43H2,1-2H3,(H,55,56,57)/b7-5-,13-11-,19-17-,23-22-,24-20-,29-27-,35-33-. The summed E-state index contributed by atoms with van der Waals surface area (Å²) in [6.45, 7) is 3.75. The number of aliphatic hydroxyl groups excluding tert-OH is 3. The molecule has 0 aromatic rings. The highest BCUT2D eigenvalue weighted by Crippen LogP contribution is 2.26. The molecule has 0 radical (unpaired) electrons. The number of carbonyl (C=O) groups excluding carboxylic acids is 1. The van der Waals surface area contributed by atoms with Crippen molar-refractivity contribution in [2.24, 2.45) is 0 Å². The van der Waals surface area contributed by atoms with Crippen LogP contribution in [0.25, 0.3) is 0 Å². The van der Waals surface area contributed by atoms with Crippen LogP contribution in [-0.4, -0.2) is 97.5 Å². The van der Waals surface area contributed by atoms with Gasteiger partial charge in [-0.25, -0.2) is 4.18 Å². The minimum atomic E-state index is -5.08. The molecule has 0 aromatic carbocycles. The molecule has 1 aliphatic heterocycles. The average molecular weight is 909 g/mol. The maximum atomic E-state index is 12.8. The molecule has 362 valence electrons. The fourth-order valence-electron chi connectivity index (χ4n) is 6.69. The topological polar surface area (TPSA) is 178 Å². The zero-order chi connectivity index (χ0) is 46.1. The van der Waals surface area contributed by atoms with Gasteiger partial charge in [-0.3, -0.25) is 9.35 Å². The molecule has 0 saturated carbocycles. The number of rotatable bonds is 40. The lowest BCUT2D eigenvalue weighted by atomic mass is 9.99. The first-order chi connectivity index (χ1) is 30.6. The third kappa shape index (κ3) is 34.3. The van der Waals surface area contributed by atoms with Crippen molar-refractivity contribution < 1.29 is 56.2 Å². The predicted molar refractivity (Wildman–Crippen MR) is 252 cm³/mol. The first-order valence-corrected chi connectivity index (χ1v) is 25.2. The second-order valence-electron chi connectivity index (χ2n) is 16.0. The van der Waals surface area contributed by atoms with Crippen molar-refractivity contribution in [1.29, 1.82) is 0 Å². The van der Waals surface area contributed by atoms with E-state index >= 15 is 0 Å². The number of aliphatic hydroxyl groups is 3. The van der Waals surface area contributed by atoms with Gasteiger partial charge in [-0.1, -0.05) is 163 Å². The van der Waals surface area contributed by atoms with Crippen LogP contribution >= 0.6 is 0 Å². The Morgan fingerprint density at radius 2 is 1.10 bits per heavy atom. The smallest absolute Gasteiger partial charge is 0.397 e. The van der Waals surface area contributed by atoms with Gasteiger partial charge in [0.1, 0.15) is 30.5 Å². The van der Waals surface area contributed by atoms with Crippen LogP contribution < -0.4 is 0 Å². The van der Waals surface area contributed by atoms with Gasteiger partial charge in [0.25, 0.3) is 0 Å². The molecule has 0 aliphatic carbocycles. The van der Waals surface area contributed by atoms with Gasteiger partial charge in [0.2, 0.25) is 0 Å². The van der Waals surface area contributed by atoms with E-state index in [9.17, 15) is 28.5 Å². The second-order valence-corrected chi connectivity index (χ2v) is 17.0. The molecule has 1 heterocycles. The van der Waals surface area contributed by atoms with Crippen molar-refractivity contribution in [1.82, 2.24) is 0 Å². The Balaban J connectivity index is 2.48. The molecule has 13 heteroatoms. The molecule has 4 N–H and O–H groups in total. The van der Waals surface area contributed by atoms with E-state index in [1.54, 1.807) is 0 Å². The van der Waals surface area contributed by atoms with Crippen LogP contribution in [-0.2, 0) is 38.3 Å². The van der Waals surface area contributed by atoms with Gasteiger partial charge in [-0.2, -0.15) is 8.42 Å². The first-order valence-electron chi connectivity index (χ1n) is 23.8. The van der Waals surface area contributed by atoms with Crippen molar-refractivity contribution in [3.8, 4) is 0 Å². The van der Waals surface area contributed by atoms with Gasteiger partial charge < -0.3 is 34.3 Å². The largest absolute Gasteiger partial charge is 0.457 e. The van der Waals surface area contributed by atoms with Crippen LogP contribution in [0.3, 0.4) is 0 Å². The number of carbonyl (C=O) groups is 1. The van der Waals surface area contributed by atoms with Gasteiger partial charge in [0.15, 0.2) is 6.29 Å². The molecule has 1 fully saturated rings. The molecule has 12 nitrogen and oxygen atoms in total. The van der Waals surface area contributed by atoms with E-state index in [0.717, 1.165) is 70.6 Å². The third-order valence-electron chi connectivity index (χ3n) is 10.3. The fraction of sp³-hybridized carbons (Fsp3) is 0.700. The number of esters is 1. The van der Waals surface area contributed by atoms with Crippen LogP contribution in [0.5, 0.6) is 0 Å². The molecule has 0 spiro atoms. The summed E-state index contributed by atoms with van der Waals surface area (Å²) >= 11 is 0. The van der Waals surface area contributed by atoms with E-state index in [1.165, 1.54) is 64.2 Å². The summed E-state index contributed by atoms with van der Waals surface area (Å²) in [6, 6.07) is 0. The Kier molecular flexibility index (Phi) is 37.7. The normalized spacial score (nSPS) is 20.6. The molecule has 0 bridgehead atoms. The van der Waals surface area contributed by atoms with E-state index in [1.807, 2.05) is 12.2 Å². The summed E-state index contributed by atoms with van der Waals surface area (Å²) in [7, 11) is -5.08. The van der Waals surface area contributed by atoms with E-state index < -0.39 is 59.8 Å². The molecule has 1 aliphatic rings. The number of allylic oxidation sites excluding steroid dienone is 14. The van der Waals surface area contributed by atoms with Crippen molar-refractivity contribution in [2.45, 2.75) is 198 Å². The highest BCUT2D eigenvalue weighted by molar-refractivity contribution is 7.80. The maximum Gasteiger partial charge on any atom is 0.397 e. The van der Waals surface area contributed by atoms with Crippen LogP contribution in [0.1, 0.15) is 162 Å². The Labute approximate surface area is 381 Å². The summed E-state index contributed by atoms with van der Waals surface area (Å²) in [6.07, 6.45) is 44.8. The summed E-state index contributed by atoms with van der Waals surface area (Å²) in [5.74, 6) is -0.485. The van der Waals surface area contributed by atoms with Crippen LogP contribution in [0.2, 0.25) is 0 Å². The minimum absolute atomic E-state index is 0.00331. The third-order valence-corrected chi connectivity index (χ3v) is 10.7. The van der Waals surface area contributed by atoms with Crippen molar-refractivity contribution >= 4 is 16.4 Å². The molecule has 6 unspecified atom stereocenters. The van der Waals surface area contributed by atoms with Gasteiger partial charge >= 0.3 is 16.4 Å². The number of unbranched alkanes of at least 4 members (excludes halogenated alkanes) is 13. The Morgan fingerprint density at radius 3 is 1.60 bits per heavy atom. The molecule has 0 amide bonds. The highest BCUT2D eigenvalue weighted by atomic mass is 32.3. The Bertz CT molecular complexity index is 1420. The van der Waals surface area contributed by atoms with E-state index in [2.05, 4.69) is 90.9 Å². The molecular weight excluding hydrogens is 825 g/mol. The maximum absolute atomic E-state index is 12.8. The van der Waals surface area contributed by atoms with Crippen LogP contribution in [0, 0.1) is 0 Å². The minimum Gasteiger partial charge on any atom is -0.457 e. The number of hydrogen-bond acceptors (Lipinski definition) is 11. The lowest BCUT2D eigenvalue weighted by Gasteiger charge is -2.41. The molecule has 1 rings (SSSR count). The summed E-state index contributed by atoms with van der Waals surface area (Å²) < 4.78 is 59.0. The Morgan fingerprint density at radius 1 is 0.619 bits per heavy atom. The highest BCUT2D eigenvalue weighted by Gasteiger charge is 2.48. The van der Waals surface area contributed by atoms with E-state index in [-0.39, 0.29) is 19.6 Å². The zero-order valence-electron chi connectivity index (χ0n) is 38.6. The monoisotopic (exact) mass is 909 g/mol. The van der Waals surface area contributed by atoms with Crippen LogP contribution in [0.15, 0.2) is 85.1 Å². The lowest BCUT2D eigenvalue weighted by molar-refractivity contribution is -0.301. The van der Waals surface area contributed by atoms with Crippen molar-refractivity contribution in [3.05, 3.63) is 85.1 Å². The fourth-order valence-corrected chi connectivity index (χ4v) is 7.20. The quantitative estimate of drug-likeness (QED) is 0.0198. The lowest BCUT2D eigenvalue weighted by Crippen LogP contribution is -2.60. The zero-order valence-corrected chi connectivity index (χ0v) is 39.4.